The van der Waals surface area contributed by atoms with Gasteiger partial charge in [-0.2, -0.15) is 4.31 Å². The van der Waals surface area contributed by atoms with E-state index in [-0.39, 0.29) is 34.6 Å². The second kappa shape index (κ2) is 12.8. The van der Waals surface area contributed by atoms with Gasteiger partial charge >= 0.3 is 0 Å². The molecule has 42 heavy (non-hydrogen) atoms. The Morgan fingerprint density at radius 1 is 0.952 bits per heavy atom. The summed E-state index contributed by atoms with van der Waals surface area (Å²) in [6, 6.07) is 23.0. The van der Waals surface area contributed by atoms with Gasteiger partial charge in [-0.1, -0.05) is 48.5 Å². The maximum atomic E-state index is 13.3. The van der Waals surface area contributed by atoms with E-state index < -0.39 is 26.2 Å². The van der Waals surface area contributed by atoms with Crippen LogP contribution < -0.4 is 14.8 Å². The lowest BCUT2D eigenvalue weighted by Gasteiger charge is -2.38. The molecule has 2 heterocycles. The first-order chi connectivity index (χ1) is 20.1. The Hall–Kier alpha value is -2.84. The SMILES string of the molecule is CNS(=O)(=O)c1cccc(OC[C@@H](O)CNC2COC3(CCN(S(=O)(=O)c4ccc(-c5ccccc5)cc4)CC3)C2)c1. The molecule has 2 saturated heterocycles. The predicted octanol–water partition coefficient (Wildman–Crippen LogP) is 2.60. The van der Waals surface area contributed by atoms with Crippen LogP contribution in [0.2, 0.25) is 0 Å². The van der Waals surface area contributed by atoms with E-state index in [0.717, 1.165) is 17.5 Å². The monoisotopic (exact) mass is 615 g/mol. The first-order valence-electron chi connectivity index (χ1n) is 14.0. The van der Waals surface area contributed by atoms with Gasteiger partial charge in [0.2, 0.25) is 20.0 Å². The van der Waals surface area contributed by atoms with Crippen LogP contribution in [0.1, 0.15) is 19.3 Å². The van der Waals surface area contributed by atoms with Crippen molar-refractivity contribution in [2.45, 2.75) is 46.8 Å². The number of nitrogens with one attached hydrogen (secondary N) is 2. The Morgan fingerprint density at radius 3 is 2.33 bits per heavy atom. The number of sulfonamides is 2. The highest BCUT2D eigenvalue weighted by molar-refractivity contribution is 7.89. The molecule has 0 radical (unpaired) electrons. The molecule has 3 N–H and O–H groups in total. The first-order valence-corrected chi connectivity index (χ1v) is 16.9. The number of aliphatic hydroxyl groups is 1. The molecule has 0 aliphatic carbocycles. The summed E-state index contributed by atoms with van der Waals surface area (Å²) in [6.07, 6.45) is 1.12. The summed E-state index contributed by atoms with van der Waals surface area (Å²) in [5, 5.41) is 13.8. The Bertz CT molecular complexity index is 1560. The van der Waals surface area contributed by atoms with E-state index in [2.05, 4.69) is 10.0 Å². The fourth-order valence-electron chi connectivity index (χ4n) is 5.46. The molecule has 12 heteroatoms. The van der Waals surface area contributed by atoms with E-state index >= 15 is 0 Å². The third-order valence-electron chi connectivity index (χ3n) is 7.91. The highest BCUT2D eigenvalue weighted by Crippen LogP contribution is 2.37. The lowest BCUT2D eigenvalue weighted by molar-refractivity contribution is -0.0312. The number of rotatable bonds is 11. The molecule has 1 spiro atoms. The molecule has 2 aliphatic rings. The molecule has 2 fully saturated rings. The van der Waals surface area contributed by atoms with Crippen molar-refractivity contribution in [1.29, 1.82) is 0 Å². The summed E-state index contributed by atoms with van der Waals surface area (Å²) in [5.41, 5.74) is 1.62. The molecule has 0 aromatic heterocycles. The van der Waals surface area contributed by atoms with Gasteiger partial charge in [-0.25, -0.2) is 21.6 Å². The van der Waals surface area contributed by atoms with Crippen molar-refractivity contribution < 1.29 is 31.4 Å². The molecule has 0 saturated carbocycles. The largest absolute Gasteiger partial charge is 0.491 e. The summed E-state index contributed by atoms with van der Waals surface area (Å²) < 4.78 is 66.2. The molecule has 226 valence electrons. The number of hydrogen-bond donors (Lipinski definition) is 3. The Kier molecular flexibility index (Phi) is 9.33. The normalized spacial score (nSPS) is 20.0. The zero-order valence-corrected chi connectivity index (χ0v) is 25.1. The molecule has 2 atom stereocenters. The van der Waals surface area contributed by atoms with Crippen molar-refractivity contribution in [3.63, 3.8) is 0 Å². The molecule has 1 unspecified atom stereocenters. The van der Waals surface area contributed by atoms with E-state index in [1.165, 1.54) is 23.5 Å². The van der Waals surface area contributed by atoms with Gasteiger partial charge in [-0.15, -0.1) is 0 Å². The van der Waals surface area contributed by atoms with Crippen molar-refractivity contribution in [2.24, 2.45) is 0 Å². The number of piperidine rings is 1. The average molecular weight is 616 g/mol. The van der Waals surface area contributed by atoms with Crippen LogP contribution in [-0.4, -0.2) is 83.9 Å². The number of aliphatic hydroxyl groups excluding tert-OH is 1. The summed E-state index contributed by atoms with van der Waals surface area (Å²) in [7, 11) is -5.85. The van der Waals surface area contributed by atoms with Crippen molar-refractivity contribution in [1.82, 2.24) is 14.3 Å². The fraction of sp³-hybridized carbons (Fsp3) is 0.400. The van der Waals surface area contributed by atoms with Gasteiger partial charge in [-0.05, 0) is 61.7 Å². The first kappa shape index (κ1) is 30.6. The summed E-state index contributed by atoms with van der Waals surface area (Å²) >= 11 is 0. The summed E-state index contributed by atoms with van der Waals surface area (Å²) in [4.78, 5) is 0.375. The molecule has 0 amide bonds. The topological polar surface area (TPSA) is 134 Å². The smallest absolute Gasteiger partial charge is 0.243 e. The minimum Gasteiger partial charge on any atom is -0.491 e. The Morgan fingerprint density at radius 2 is 1.64 bits per heavy atom. The van der Waals surface area contributed by atoms with Gasteiger partial charge in [0, 0.05) is 31.7 Å². The second-order valence-electron chi connectivity index (χ2n) is 10.7. The van der Waals surface area contributed by atoms with Gasteiger partial charge in [0.15, 0.2) is 0 Å². The van der Waals surface area contributed by atoms with Crippen LogP contribution in [0.15, 0.2) is 88.7 Å². The van der Waals surface area contributed by atoms with Gasteiger partial charge in [0.1, 0.15) is 18.5 Å². The standard InChI is InChI=1S/C30H37N3O7S2/c1-31-41(35,36)29-9-5-8-27(18-29)39-22-26(34)20-32-25-19-30(40-21-25)14-16-33(17-15-30)42(37,38)28-12-10-24(11-13-28)23-6-3-2-4-7-23/h2-13,18,25-26,31-32,34H,14-17,19-22H2,1H3/t25?,26-/m0/s1. The minimum atomic E-state index is -3.61. The van der Waals surface area contributed by atoms with Crippen LogP contribution in [0.3, 0.4) is 0 Å². The lowest BCUT2D eigenvalue weighted by atomic mass is 9.88. The number of benzene rings is 3. The van der Waals surface area contributed by atoms with Gasteiger partial charge in [0.05, 0.1) is 22.0 Å². The number of hydrogen-bond acceptors (Lipinski definition) is 8. The van der Waals surface area contributed by atoms with Crippen LogP contribution in [0.25, 0.3) is 11.1 Å². The third kappa shape index (κ3) is 7.03. The number of nitrogens with zero attached hydrogens (tertiary/aromatic N) is 1. The zero-order valence-electron chi connectivity index (χ0n) is 23.5. The summed E-state index contributed by atoms with van der Waals surface area (Å²) in [6.45, 7) is 1.51. The predicted molar refractivity (Wildman–Crippen MR) is 159 cm³/mol. The zero-order chi connectivity index (χ0) is 29.8. The Balaban J connectivity index is 1.08. The maximum absolute atomic E-state index is 13.3. The Labute approximate surface area is 247 Å². The third-order valence-corrected chi connectivity index (χ3v) is 11.2. The average Bonchev–Trinajstić information content (AvgIpc) is 3.41. The van der Waals surface area contributed by atoms with Crippen molar-refractivity contribution >= 4 is 20.0 Å². The van der Waals surface area contributed by atoms with Crippen LogP contribution in [0, 0.1) is 0 Å². The molecule has 5 rings (SSSR count). The fourth-order valence-corrected chi connectivity index (χ4v) is 7.67. The molecule has 0 bridgehead atoms. The van der Waals surface area contributed by atoms with Gasteiger partial charge in [0.25, 0.3) is 0 Å². The highest BCUT2D eigenvalue weighted by atomic mass is 32.2. The van der Waals surface area contributed by atoms with Crippen molar-refractivity contribution in [2.75, 3.05) is 39.9 Å². The molecule has 3 aromatic carbocycles. The number of ether oxygens (including phenoxy) is 2. The quantitative estimate of drug-likeness (QED) is 0.300. The van der Waals surface area contributed by atoms with Crippen LogP contribution in [0.5, 0.6) is 5.75 Å². The van der Waals surface area contributed by atoms with Gasteiger partial charge in [-0.3, -0.25) is 0 Å². The van der Waals surface area contributed by atoms with E-state index in [0.29, 0.717) is 38.3 Å². The van der Waals surface area contributed by atoms with E-state index in [1.807, 2.05) is 42.5 Å². The van der Waals surface area contributed by atoms with E-state index in [4.69, 9.17) is 9.47 Å². The highest BCUT2D eigenvalue weighted by Gasteiger charge is 2.44. The molecule has 10 nitrogen and oxygen atoms in total. The molecule has 2 aliphatic heterocycles. The van der Waals surface area contributed by atoms with Crippen molar-refractivity contribution in [3.8, 4) is 16.9 Å². The van der Waals surface area contributed by atoms with Crippen molar-refractivity contribution in [3.05, 3.63) is 78.9 Å². The summed E-state index contributed by atoms with van der Waals surface area (Å²) in [5.74, 6) is 0.349. The molecule has 3 aromatic rings. The molecular weight excluding hydrogens is 578 g/mol. The lowest BCUT2D eigenvalue weighted by Crippen LogP contribution is -2.47. The minimum absolute atomic E-state index is 0.00603. The second-order valence-corrected chi connectivity index (χ2v) is 14.6. The van der Waals surface area contributed by atoms with E-state index in [1.54, 1.807) is 24.3 Å². The molecular formula is C30H37N3O7S2. The van der Waals surface area contributed by atoms with Crippen LogP contribution in [-0.2, 0) is 24.8 Å². The van der Waals surface area contributed by atoms with Crippen LogP contribution >= 0.6 is 0 Å². The van der Waals surface area contributed by atoms with Crippen LogP contribution in [0.4, 0.5) is 0 Å². The van der Waals surface area contributed by atoms with E-state index in [9.17, 15) is 21.9 Å². The maximum Gasteiger partial charge on any atom is 0.243 e. The van der Waals surface area contributed by atoms with Gasteiger partial charge < -0.3 is 19.9 Å².